The van der Waals surface area contributed by atoms with Gasteiger partial charge >= 0.3 is 0 Å². The number of hydrogen-bond donors (Lipinski definition) is 1. The summed E-state index contributed by atoms with van der Waals surface area (Å²) in [5, 5.41) is 3.53. The zero-order chi connectivity index (χ0) is 13.9. The summed E-state index contributed by atoms with van der Waals surface area (Å²) in [7, 11) is 0. The Labute approximate surface area is 121 Å². The standard InChI is InChI=1S/C18H22N2/c1-3-20(17-9-4-6-14(2)12-17)13-16-8-5-7-15-10-11-19-18(15)16/h4-9,12,19H,3,10-11,13H2,1-2H3. The van der Waals surface area contributed by atoms with E-state index in [9.17, 15) is 0 Å². The van der Waals surface area contributed by atoms with Crippen LogP contribution in [0.5, 0.6) is 0 Å². The fraction of sp³-hybridized carbons (Fsp3) is 0.333. The van der Waals surface area contributed by atoms with Gasteiger partial charge in [-0.2, -0.15) is 0 Å². The van der Waals surface area contributed by atoms with Gasteiger partial charge in [-0.1, -0.05) is 30.3 Å². The van der Waals surface area contributed by atoms with Gasteiger partial charge in [0.2, 0.25) is 0 Å². The smallest absolute Gasteiger partial charge is 0.0449 e. The highest BCUT2D eigenvalue weighted by Gasteiger charge is 2.15. The zero-order valence-corrected chi connectivity index (χ0v) is 12.3. The van der Waals surface area contributed by atoms with Gasteiger partial charge in [0, 0.05) is 31.0 Å². The SMILES string of the molecule is CCN(Cc1cccc2c1NCC2)c1cccc(C)c1. The minimum absolute atomic E-state index is 0.968. The van der Waals surface area contributed by atoms with Gasteiger partial charge < -0.3 is 10.2 Å². The summed E-state index contributed by atoms with van der Waals surface area (Å²) in [6.07, 6.45) is 1.15. The van der Waals surface area contributed by atoms with Crippen molar-refractivity contribution in [2.75, 3.05) is 23.3 Å². The number of para-hydroxylation sites is 1. The van der Waals surface area contributed by atoms with Crippen molar-refractivity contribution in [3.8, 4) is 0 Å². The fourth-order valence-corrected chi connectivity index (χ4v) is 2.96. The van der Waals surface area contributed by atoms with Crippen molar-refractivity contribution in [2.45, 2.75) is 26.8 Å². The number of hydrogen-bond acceptors (Lipinski definition) is 2. The summed E-state index contributed by atoms with van der Waals surface area (Å²) in [5.74, 6) is 0. The lowest BCUT2D eigenvalue weighted by Crippen LogP contribution is -2.22. The van der Waals surface area contributed by atoms with Crippen LogP contribution in [0, 0.1) is 6.92 Å². The lowest BCUT2D eigenvalue weighted by molar-refractivity contribution is 0.832. The van der Waals surface area contributed by atoms with Gasteiger partial charge in [0.1, 0.15) is 0 Å². The number of aryl methyl sites for hydroxylation is 1. The van der Waals surface area contributed by atoms with Gasteiger partial charge in [0.15, 0.2) is 0 Å². The summed E-state index contributed by atoms with van der Waals surface area (Å²) in [5.41, 5.74) is 6.85. The molecule has 1 heterocycles. The molecule has 0 saturated heterocycles. The largest absolute Gasteiger partial charge is 0.384 e. The molecule has 104 valence electrons. The number of nitrogens with zero attached hydrogens (tertiary/aromatic N) is 1. The van der Waals surface area contributed by atoms with Gasteiger partial charge in [-0.05, 0) is 49.1 Å². The predicted molar refractivity (Wildman–Crippen MR) is 86.5 cm³/mol. The van der Waals surface area contributed by atoms with E-state index < -0.39 is 0 Å². The quantitative estimate of drug-likeness (QED) is 0.900. The number of anilines is 2. The highest BCUT2D eigenvalue weighted by Crippen LogP contribution is 2.28. The first-order valence-electron chi connectivity index (χ1n) is 7.44. The van der Waals surface area contributed by atoms with E-state index in [1.165, 1.54) is 28.1 Å². The molecule has 0 aromatic heterocycles. The third-order valence-corrected chi connectivity index (χ3v) is 4.04. The van der Waals surface area contributed by atoms with Gasteiger partial charge in [-0.15, -0.1) is 0 Å². The second-order valence-corrected chi connectivity index (χ2v) is 5.48. The molecular formula is C18H22N2. The summed E-state index contributed by atoms with van der Waals surface area (Å²) in [6.45, 7) is 7.43. The molecule has 1 N–H and O–H groups in total. The highest BCUT2D eigenvalue weighted by molar-refractivity contribution is 5.62. The highest BCUT2D eigenvalue weighted by atomic mass is 15.1. The Morgan fingerprint density at radius 1 is 1.15 bits per heavy atom. The second kappa shape index (κ2) is 5.58. The summed E-state index contributed by atoms with van der Waals surface area (Å²) in [6, 6.07) is 15.4. The summed E-state index contributed by atoms with van der Waals surface area (Å²) >= 11 is 0. The lowest BCUT2D eigenvalue weighted by atomic mass is 10.1. The molecular weight excluding hydrogens is 244 g/mol. The molecule has 1 aliphatic rings. The van der Waals surface area contributed by atoms with Crippen LogP contribution < -0.4 is 10.2 Å². The lowest BCUT2D eigenvalue weighted by Gasteiger charge is -2.25. The molecule has 0 spiro atoms. The predicted octanol–water partition coefficient (Wildman–Crippen LogP) is 3.99. The minimum atomic E-state index is 0.968. The van der Waals surface area contributed by atoms with Crippen LogP contribution >= 0.6 is 0 Å². The van der Waals surface area contributed by atoms with Crippen LogP contribution in [0.1, 0.15) is 23.6 Å². The normalized spacial score (nSPS) is 12.9. The molecule has 0 unspecified atom stereocenters. The van der Waals surface area contributed by atoms with Gasteiger partial charge in [0.25, 0.3) is 0 Å². The molecule has 0 atom stereocenters. The van der Waals surface area contributed by atoms with E-state index in [4.69, 9.17) is 0 Å². The van der Waals surface area contributed by atoms with Crippen molar-refractivity contribution < 1.29 is 0 Å². The first kappa shape index (κ1) is 13.0. The van der Waals surface area contributed by atoms with Gasteiger partial charge in [-0.25, -0.2) is 0 Å². The zero-order valence-electron chi connectivity index (χ0n) is 12.3. The van der Waals surface area contributed by atoms with Crippen molar-refractivity contribution >= 4 is 11.4 Å². The Kier molecular flexibility index (Phi) is 3.64. The monoisotopic (exact) mass is 266 g/mol. The maximum absolute atomic E-state index is 3.53. The maximum atomic E-state index is 3.53. The maximum Gasteiger partial charge on any atom is 0.0449 e. The Morgan fingerprint density at radius 3 is 2.80 bits per heavy atom. The molecule has 1 aliphatic heterocycles. The molecule has 0 aliphatic carbocycles. The van der Waals surface area contributed by atoms with E-state index >= 15 is 0 Å². The second-order valence-electron chi connectivity index (χ2n) is 5.48. The van der Waals surface area contributed by atoms with E-state index in [2.05, 4.69) is 66.5 Å². The molecule has 2 aromatic carbocycles. The van der Waals surface area contributed by atoms with E-state index in [0.717, 1.165) is 26.1 Å². The van der Waals surface area contributed by atoms with Crippen LogP contribution in [-0.4, -0.2) is 13.1 Å². The number of benzene rings is 2. The fourth-order valence-electron chi connectivity index (χ4n) is 2.96. The first-order chi connectivity index (χ1) is 9.78. The Balaban J connectivity index is 1.87. The van der Waals surface area contributed by atoms with Crippen LogP contribution in [0.4, 0.5) is 11.4 Å². The van der Waals surface area contributed by atoms with E-state index in [1.54, 1.807) is 0 Å². The first-order valence-corrected chi connectivity index (χ1v) is 7.44. The van der Waals surface area contributed by atoms with Crippen molar-refractivity contribution in [1.82, 2.24) is 0 Å². The van der Waals surface area contributed by atoms with E-state index in [0.29, 0.717) is 0 Å². The van der Waals surface area contributed by atoms with Crippen LogP contribution in [0.3, 0.4) is 0 Å². The minimum Gasteiger partial charge on any atom is -0.384 e. The number of rotatable bonds is 4. The van der Waals surface area contributed by atoms with Crippen molar-refractivity contribution in [3.63, 3.8) is 0 Å². The van der Waals surface area contributed by atoms with Crippen LogP contribution in [0.2, 0.25) is 0 Å². The van der Waals surface area contributed by atoms with Crippen molar-refractivity contribution in [2.24, 2.45) is 0 Å². The summed E-state index contributed by atoms with van der Waals surface area (Å²) < 4.78 is 0. The number of nitrogens with one attached hydrogen (secondary N) is 1. The molecule has 2 heteroatoms. The van der Waals surface area contributed by atoms with E-state index in [1.807, 2.05) is 0 Å². The Morgan fingerprint density at radius 2 is 2.00 bits per heavy atom. The van der Waals surface area contributed by atoms with Crippen LogP contribution in [0.25, 0.3) is 0 Å². The average Bonchev–Trinajstić information content (AvgIpc) is 2.94. The molecule has 3 rings (SSSR count). The topological polar surface area (TPSA) is 15.3 Å². The number of fused-ring (bicyclic) bond motifs is 1. The molecule has 20 heavy (non-hydrogen) atoms. The molecule has 2 nitrogen and oxygen atoms in total. The van der Waals surface area contributed by atoms with Gasteiger partial charge in [-0.3, -0.25) is 0 Å². The van der Waals surface area contributed by atoms with Crippen LogP contribution in [0.15, 0.2) is 42.5 Å². The average molecular weight is 266 g/mol. The third kappa shape index (κ3) is 2.51. The van der Waals surface area contributed by atoms with Crippen LogP contribution in [-0.2, 0) is 13.0 Å². The molecule has 2 aromatic rings. The van der Waals surface area contributed by atoms with E-state index in [-0.39, 0.29) is 0 Å². The Bertz CT molecular complexity index is 604. The third-order valence-electron chi connectivity index (χ3n) is 4.04. The molecule has 0 bridgehead atoms. The Hall–Kier alpha value is -1.96. The molecule has 0 radical (unpaired) electrons. The molecule has 0 amide bonds. The molecule has 0 fully saturated rings. The van der Waals surface area contributed by atoms with Crippen molar-refractivity contribution in [1.29, 1.82) is 0 Å². The van der Waals surface area contributed by atoms with Gasteiger partial charge in [0.05, 0.1) is 0 Å². The summed E-state index contributed by atoms with van der Waals surface area (Å²) in [4.78, 5) is 2.43. The van der Waals surface area contributed by atoms with Crippen molar-refractivity contribution in [3.05, 3.63) is 59.2 Å². The molecule has 0 saturated carbocycles.